The van der Waals surface area contributed by atoms with Crippen LogP contribution >= 0.6 is 11.8 Å². The van der Waals surface area contributed by atoms with Crippen molar-refractivity contribution in [2.45, 2.75) is 30.7 Å². The lowest BCUT2D eigenvalue weighted by Crippen LogP contribution is -2.13. The van der Waals surface area contributed by atoms with Crippen LogP contribution in [-0.2, 0) is 6.54 Å². The van der Waals surface area contributed by atoms with Gasteiger partial charge in [-0.1, -0.05) is 18.6 Å². The fraction of sp³-hybridized carbons (Fsp3) is 0.500. The number of hydrogen-bond acceptors (Lipinski definition) is 2. The Balaban J connectivity index is 1.87. The Morgan fingerprint density at radius 1 is 1.36 bits per heavy atom. The van der Waals surface area contributed by atoms with Gasteiger partial charge in [-0.2, -0.15) is 0 Å². The maximum absolute atomic E-state index is 5.60. The van der Waals surface area contributed by atoms with Crippen molar-refractivity contribution in [3.63, 3.8) is 0 Å². The average Bonchev–Trinajstić information content (AvgIpc) is 2.16. The minimum atomic E-state index is 0.651. The first-order valence-corrected chi connectivity index (χ1v) is 6.29. The second-order valence-corrected chi connectivity index (χ2v) is 5.05. The lowest BCUT2D eigenvalue weighted by atomic mass is 9.87. The van der Waals surface area contributed by atoms with E-state index in [2.05, 4.69) is 24.3 Å². The Labute approximate surface area is 90.1 Å². The van der Waals surface area contributed by atoms with Gasteiger partial charge in [-0.3, -0.25) is 0 Å². The molecule has 1 aliphatic rings. The molecule has 2 N–H and O–H groups in total. The van der Waals surface area contributed by atoms with Crippen molar-refractivity contribution in [2.24, 2.45) is 11.7 Å². The van der Waals surface area contributed by atoms with E-state index in [9.17, 15) is 0 Å². The second kappa shape index (κ2) is 4.85. The van der Waals surface area contributed by atoms with E-state index in [1.165, 1.54) is 35.5 Å². The summed E-state index contributed by atoms with van der Waals surface area (Å²) in [4.78, 5) is 1.37. The van der Waals surface area contributed by atoms with Gasteiger partial charge in [0.1, 0.15) is 0 Å². The van der Waals surface area contributed by atoms with Crippen LogP contribution in [0.1, 0.15) is 24.8 Å². The molecule has 0 aliphatic heterocycles. The highest BCUT2D eigenvalue weighted by Crippen LogP contribution is 2.32. The highest BCUT2D eigenvalue weighted by atomic mass is 32.2. The van der Waals surface area contributed by atoms with Crippen molar-refractivity contribution in [1.82, 2.24) is 0 Å². The maximum Gasteiger partial charge on any atom is 0.0178 e. The highest BCUT2D eigenvalue weighted by Gasteiger charge is 2.17. The summed E-state index contributed by atoms with van der Waals surface area (Å²) in [6.07, 6.45) is 4.31. The van der Waals surface area contributed by atoms with E-state index in [1.54, 1.807) is 0 Å². The molecule has 1 nitrogen and oxygen atoms in total. The summed E-state index contributed by atoms with van der Waals surface area (Å²) >= 11 is 1.98. The van der Waals surface area contributed by atoms with Crippen LogP contribution in [0.15, 0.2) is 29.2 Å². The fourth-order valence-corrected chi connectivity index (χ4v) is 2.81. The van der Waals surface area contributed by atoms with Crippen molar-refractivity contribution in [3.05, 3.63) is 29.8 Å². The molecule has 2 rings (SSSR count). The first kappa shape index (κ1) is 10.1. The van der Waals surface area contributed by atoms with E-state index >= 15 is 0 Å². The minimum Gasteiger partial charge on any atom is -0.326 e. The van der Waals surface area contributed by atoms with Crippen LogP contribution in [0, 0.1) is 5.92 Å². The molecule has 0 amide bonds. The van der Waals surface area contributed by atoms with Gasteiger partial charge in [0, 0.05) is 17.2 Å². The molecular formula is C12H17NS. The highest BCUT2D eigenvalue weighted by molar-refractivity contribution is 7.99. The van der Waals surface area contributed by atoms with Crippen LogP contribution in [0.3, 0.4) is 0 Å². The number of benzene rings is 1. The van der Waals surface area contributed by atoms with Gasteiger partial charge in [-0.15, -0.1) is 11.8 Å². The summed E-state index contributed by atoms with van der Waals surface area (Å²) < 4.78 is 0. The molecule has 0 saturated heterocycles. The standard InChI is InChI=1S/C12H17NS/c13-8-11-5-2-6-12(7-11)14-9-10-3-1-4-10/h2,5-7,10H,1,3-4,8-9,13H2. The largest absolute Gasteiger partial charge is 0.326 e. The third-order valence-electron chi connectivity index (χ3n) is 2.84. The van der Waals surface area contributed by atoms with Crippen LogP contribution in [0.25, 0.3) is 0 Å². The SMILES string of the molecule is NCc1cccc(SCC2CCC2)c1. The molecule has 1 saturated carbocycles. The summed E-state index contributed by atoms with van der Waals surface area (Å²) in [5.41, 5.74) is 6.84. The molecule has 14 heavy (non-hydrogen) atoms. The summed E-state index contributed by atoms with van der Waals surface area (Å²) in [5, 5.41) is 0. The molecule has 76 valence electrons. The molecule has 0 radical (unpaired) electrons. The molecule has 0 atom stereocenters. The van der Waals surface area contributed by atoms with Gasteiger partial charge in [0.05, 0.1) is 0 Å². The van der Waals surface area contributed by atoms with Gasteiger partial charge in [-0.05, 0) is 36.5 Å². The van der Waals surface area contributed by atoms with Crippen molar-refractivity contribution >= 4 is 11.8 Å². The normalized spacial score (nSPS) is 16.6. The molecule has 0 unspecified atom stereocenters. The monoisotopic (exact) mass is 207 g/mol. The van der Waals surface area contributed by atoms with E-state index in [4.69, 9.17) is 5.73 Å². The average molecular weight is 207 g/mol. The van der Waals surface area contributed by atoms with E-state index in [-0.39, 0.29) is 0 Å². The topological polar surface area (TPSA) is 26.0 Å². The molecule has 1 fully saturated rings. The zero-order valence-corrected chi connectivity index (χ0v) is 9.22. The van der Waals surface area contributed by atoms with Crippen molar-refractivity contribution < 1.29 is 0 Å². The lowest BCUT2D eigenvalue weighted by molar-refractivity contribution is 0.353. The van der Waals surface area contributed by atoms with Crippen LogP contribution in [-0.4, -0.2) is 5.75 Å². The molecule has 1 aliphatic carbocycles. The third kappa shape index (κ3) is 2.52. The Hall–Kier alpha value is -0.470. The molecule has 0 spiro atoms. The van der Waals surface area contributed by atoms with Gasteiger partial charge in [0.15, 0.2) is 0 Å². The summed E-state index contributed by atoms with van der Waals surface area (Å²) in [7, 11) is 0. The number of thioether (sulfide) groups is 1. The molecular weight excluding hydrogens is 190 g/mol. The Kier molecular flexibility index (Phi) is 3.49. The van der Waals surface area contributed by atoms with Gasteiger partial charge in [0.2, 0.25) is 0 Å². The predicted octanol–water partition coefficient (Wildman–Crippen LogP) is 3.04. The summed E-state index contributed by atoms with van der Waals surface area (Å²) in [6.45, 7) is 0.651. The Bertz CT molecular complexity index is 294. The van der Waals surface area contributed by atoms with Gasteiger partial charge in [0.25, 0.3) is 0 Å². The first-order chi connectivity index (χ1) is 6.88. The van der Waals surface area contributed by atoms with E-state index < -0.39 is 0 Å². The van der Waals surface area contributed by atoms with E-state index in [0.717, 1.165) is 5.92 Å². The van der Waals surface area contributed by atoms with E-state index in [1.807, 2.05) is 11.8 Å². The smallest absolute Gasteiger partial charge is 0.0178 e. The summed E-state index contributed by atoms with van der Waals surface area (Å²) in [5.74, 6) is 2.26. The van der Waals surface area contributed by atoms with Crippen molar-refractivity contribution in [1.29, 1.82) is 0 Å². The van der Waals surface area contributed by atoms with Gasteiger partial charge < -0.3 is 5.73 Å². The lowest BCUT2D eigenvalue weighted by Gasteiger charge is -2.24. The summed E-state index contributed by atoms with van der Waals surface area (Å²) in [6, 6.07) is 8.59. The third-order valence-corrected chi connectivity index (χ3v) is 4.07. The molecule has 1 aromatic carbocycles. The van der Waals surface area contributed by atoms with Crippen molar-refractivity contribution in [2.75, 3.05) is 5.75 Å². The Morgan fingerprint density at radius 2 is 2.21 bits per heavy atom. The Morgan fingerprint density at radius 3 is 2.86 bits per heavy atom. The fourth-order valence-electron chi connectivity index (χ4n) is 1.64. The number of hydrogen-bond donors (Lipinski definition) is 1. The predicted molar refractivity (Wildman–Crippen MR) is 62.4 cm³/mol. The zero-order valence-electron chi connectivity index (χ0n) is 8.41. The maximum atomic E-state index is 5.60. The van der Waals surface area contributed by atoms with Crippen LogP contribution in [0.5, 0.6) is 0 Å². The molecule has 0 heterocycles. The first-order valence-electron chi connectivity index (χ1n) is 5.30. The van der Waals surface area contributed by atoms with Crippen LogP contribution < -0.4 is 5.73 Å². The minimum absolute atomic E-state index is 0.651. The van der Waals surface area contributed by atoms with Crippen LogP contribution in [0.2, 0.25) is 0 Å². The number of rotatable bonds is 4. The number of nitrogens with two attached hydrogens (primary N) is 1. The van der Waals surface area contributed by atoms with Gasteiger partial charge >= 0.3 is 0 Å². The molecule has 0 bridgehead atoms. The molecule has 0 aromatic heterocycles. The molecule has 1 aromatic rings. The van der Waals surface area contributed by atoms with Crippen molar-refractivity contribution in [3.8, 4) is 0 Å². The zero-order chi connectivity index (χ0) is 9.80. The van der Waals surface area contributed by atoms with Gasteiger partial charge in [-0.25, -0.2) is 0 Å². The van der Waals surface area contributed by atoms with E-state index in [0.29, 0.717) is 6.54 Å². The van der Waals surface area contributed by atoms with Crippen LogP contribution in [0.4, 0.5) is 0 Å². The quantitative estimate of drug-likeness (QED) is 0.768. The second-order valence-electron chi connectivity index (χ2n) is 3.96. The molecule has 2 heteroatoms.